The molecule has 0 spiro atoms. The third-order valence-electron chi connectivity index (χ3n) is 2.03. The summed E-state index contributed by atoms with van der Waals surface area (Å²) < 4.78 is 0. The zero-order chi connectivity index (χ0) is 12.3. The summed E-state index contributed by atoms with van der Waals surface area (Å²) in [6.45, 7) is 0. The van der Waals surface area contributed by atoms with Crippen LogP contribution in [0.2, 0.25) is 10.0 Å². The monoisotopic (exact) mass is 269 g/mol. The van der Waals surface area contributed by atoms with Crippen molar-refractivity contribution in [1.82, 2.24) is 9.97 Å². The molecule has 1 heterocycles. The van der Waals surface area contributed by atoms with Gasteiger partial charge < -0.3 is 10.7 Å². The van der Waals surface area contributed by atoms with E-state index in [1.807, 2.05) is 0 Å². The van der Waals surface area contributed by atoms with E-state index >= 15 is 0 Å². The molecule has 1 aromatic carbocycles. The van der Waals surface area contributed by atoms with E-state index < -0.39 is 0 Å². The largest absolute Gasteiger partial charge is 0.339 e. The number of hydrogen-bond donors (Lipinski definition) is 3. The molecule has 0 fully saturated rings. The van der Waals surface area contributed by atoms with Gasteiger partial charge in [0.1, 0.15) is 18.0 Å². The molecule has 17 heavy (non-hydrogen) atoms. The Morgan fingerprint density at radius 1 is 1.12 bits per heavy atom. The number of nitrogen functional groups attached to an aromatic ring is 1. The van der Waals surface area contributed by atoms with Crippen molar-refractivity contribution in [3.63, 3.8) is 0 Å². The molecule has 88 valence electrons. The van der Waals surface area contributed by atoms with Crippen LogP contribution in [-0.4, -0.2) is 9.97 Å². The van der Waals surface area contributed by atoms with Gasteiger partial charge in [-0.25, -0.2) is 15.8 Å². The molecule has 0 bridgehead atoms. The van der Waals surface area contributed by atoms with Crippen LogP contribution >= 0.6 is 23.2 Å². The number of anilines is 3. The Bertz CT molecular complexity index is 532. The molecule has 0 radical (unpaired) electrons. The van der Waals surface area contributed by atoms with Gasteiger partial charge in [-0.3, -0.25) is 0 Å². The highest BCUT2D eigenvalue weighted by Gasteiger charge is 2.05. The lowest BCUT2D eigenvalue weighted by atomic mass is 10.3. The number of benzene rings is 1. The van der Waals surface area contributed by atoms with E-state index in [9.17, 15) is 0 Å². The third kappa shape index (κ3) is 2.76. The third-order valence-corrected chi connectivity index (χ3v) is 2.85. The lowest BCUT2D eigenvalue weighted by Gasteiger charge is -2.09. The maximum atomic E-state index is 6.04. The number of aromatic nitrogens is 2. The summed E-state index contributed by atoms with van der Waals surface area (Å²) in [6.07, 6.45) is 1.38. The lowest BCUT2D eigenvalue weighted by Crippen LogP contribution is -2.09. The topological polar surface area (TPSA) is 75.9 Å². The molecular formula is C10H9Cl2N5. The van der Waals surface area contributed by atoms with Crippen LogP contribution in [0.1, 0.15) is 0 Å². The average Bonchev–Trinajstić information content (AvgIpc) is 2.35. The minimum atomic E-state index is 0.440. The Kier molecular flexibility index (Phi) is 3.63. The number of nitrogens with two attached hydrogens (primary N) is 1. The molecule has 0 atom stereocenters. The molecule has 7 heteroatoms. The number of nitrogens with one attached hydrogen (secondary N) is 2. The Balaban J connectivity index is 2.28. The van der Waals surface area contributed by atoms with Gasteiger partial charge in [0, 0.05) is 6.07 Å². The molecule has 2 rings (SSSR count). The first-order valence-electron chi connectivity index (χ1n) is 4.70. The minimum absolute atomic E-state index is 0.440. The molecule has 4 N–H and O–H groups in total. The molecule has 1 aromatic heterocycles. The van der Waals surface area contributed by atoms with Crippen LogP contribution in [0.5, 0.6) is 0 Å². The van der Waals surface area contributed by atoms with Gasteiger partial charge in [-0.2, -0.15) is 0 Å². The predicted molar refractivity (Wildman–Crippen MR) is 69.6 cm³/mol. The van der Waals surface area contributed by atoms with Crippen molar-refractivity contribution in [1.29, 1.82) is 0 Å². The van der Waals surface area contributed by atoms with E-state index in [0.717, 1.165) is 0 Å². The number of nitrogens with zero attached hydrogens (tertiary/aromatic N) is 2. The first-order valence-corrected chi connectivity index (χ1v) is 5.46. The quantitative estimate of drug-likeness (QED) is 0.590. The zero-order valence-corrected chi connectivity index (χ0v) is 10.1. The minimum Gasteiger partial charge on any atom is -0.339 e. The zero-order valence-electron chi connectivity index (χ0n) is 8.61. The number of hydrazine groups is 1. The predicted octanol–water partition coefficient (Wildman–Crippen LogP) is 2.81. The highest BCUT2D eigenvalue weighted by Crippen LogP contribution is 2.31. The molecule has 0 saturated carbocycles. The van der Waals surface area contributed by atoms with Crippen LogP contribution in [-0.2, 0) is 0 Å². The smallest absolute Gasteiger partial charge is 0.145 e. The molecule has 0 unspecified atom stereocenters. The van der Waals surface area contributed by atoms with Crippen molar-refractivity contribution in [3.8, 4) is 0 Å². The summed E-state index contributed by atoms with van der Waals surface area (Å²) in [5.41, 5.74) is 3.10. The molecule has 0 aliphatic heterocycles. The van der Waals surface area contributed by atoms with Crippen LogP contribution < -0.4 is 16.6 Å². The van der Waals surface area contributed by atoms with E-state index in [2.05, 4.69) is 20.7 Å². The average molecular weight is 270 g/mol. The fraction of sp³-hybridized carbons (Fsp3) is 0. The van der Waals surface area contributed by atoms with Gasteiger partial charge >= 0.3 is 0 Å². The summed E-state index contributed by atoms with van der Waals surface area (Å²) in [4.78, 5) is 7.93. The van der Waals surface area contributed by atoms with Crippen molar-refractivity contribution in [2.24, 2.45) is 5.84 Å². The van der Waals surface area contributed by atoms with E-state index in [1.165, 1.54) is 6.33 Å². The molecule has 0 saturated heterocycles. The van der Waals surface area contributed by atoms with Gasteiger partial charge in [0.15, 0.2) is 0 Å². The van der Waals surface area contributed by atoms with E-state index in [4.69, 9.17) is 29.0 Å². The van der Waals surface area contributed by atoms with Crippen LogP contribution in [0.25, 0.3) is 0 Å². The Labute approximate surface area is 108 Å². The molecule has 2 aromatic rings. The first kappa shape index (κ1) is 11.9. The summed E-state index contributed by atoms with van der Waals surface area (Å²) >= 11 is 11.9. The number of halogens is 2. The fourth-order valence-corrected chi connectivity index (χ4v) is 1.59. The van der Waals surface area contributed by atoms with Crippen LogP contribution in [0.4, 0.5) is 17.3 Å². The fourth-order valence-electron chi connectivity index (χ4n) is 1.24. The van der Waals surface area contributed by atoms with E-state index in [0.29, 0.717) is 27.4 Å². The second kappa shape index (κ2) is 5.18. The summed E-state index contributed by atoms with van der Waals surface area (Å²) in [5, 5.41) is 3.94. The molecule has 5 nitrogen and oxygen atoms in total. The van der Waals surface area contributed by atoms with Crippen molar-refractivity contribution in [2.45, 2.75) is 0 Å². The highest BCUT2D eigenvalue weighted by atomic mass is 35.5. The van der Waals surface area contributed by atoms with E-state index in [1.54, 1.807) is 24.3 Å². The van der Waals surface area contributed by atoms with Crippen LogP contribution in [0.15, 0.2) is 30.6 Å². The first-order chi connectivity index (χ1) is 8.20. The van der Waals surface area contributed by atoms with Gasteiger partial charge in [-0.05, 0) is 12.1 Å². The second-order valence-corrected chi connectivity index (χ2v) is 3.94. The van der Waals surface area contributed by atoms with E-state index in [-0.39, 0.29) is 0 Å². The Hall–Kier alpha value is -1.56. The van der Waals surface area contributed by atoms with Crippen LogP contribution in [0.3, 0.4) is 0 Å². The maximum Gasteiger partial charge on any atom is 0.145 e. The van der Waals surface area contributed by atoms with Gasteiger partial charge in [-0.1, -0.05) is 29.3 Å². The number of rotatable bonds is 3. The van der Waals surface area contributed by atoms with Gasteiger partial charge in [0.2, 0.25) is 0 Å². The lowest BCUT2D eigenvalue weighted by molar-refractivity contribution is 1.14. The second-order valence-electron chi connectivity index (χ2n) is 3.16. The van der Waals surface area contributed by atoms with Crippen molar-refractivity contribution >= 4 is 40.5 Å². The van der Waals surface area contributed by atoms with Crippen molar-refractivity contribution < 1.29 is 0 Å². The number of hydrogen-bond acceptors (Lipinski definition) is 5. The summed E-state index contributed by atoms with van der Waals surface area (Å²) in [5.74, 6) is 6.32. The maximum absolute atomic E-state index is 6.04. The SMILES string of the molecule is NNc1cc(Nc2cccc(Cl)c2Cl)ncn1. The summed E-state index contributed by atoms with van der Waals surface area (Å²) in [7, 11) is 0. The summed E-state index contributed by atoms with van der Waals surface area (Å²) in [6, 6.07) is 6.95. The van der Waals surface area contributed by atoms with Crippen LogP contribution in [0, 0.1) is 0 Å². The Morgan fingerprint density at radius 2 is 1.88 bits per heavy atom. The molecule has 0 aliphatic rings. The van der Waals surface area contributed by atoms with Crippen molar-refractivity contribution in [3.05, 3.63) is 40.6 Å². The van der Waals surface area contributed by atoms with Gasteiger partial charge in [0.05, 0.1) is 15.7 Å². The van der Waals surface area contributed by atoms with Gasteiger partial charge in [-0.15, -0.1) is 0 Å². The molecular weight excluding hydrogens is 261 g/mol. The molecule has 0 aliphatic carbocycles. The molecule has 0 amide bonds. The standard InChI is InChI=1S/C10H9Cl2N5/c11-6-2-1-3-7(10(6)12)16-8-4-9(17-13)15-5-14-8/h1-5H,13H2,(H2,14,15,16,17). The normalized spacial score (nSPS) is 10.1. The highest BCUT2D eigenvalue weighted by molar-refractivity contribution is 6.43. The van der Waals surface area contributed by atoms with Gasteiger partial charge in [0.25, 0.3) is 0 Å². The van der Waals surface area contributed by atoms with Crippen molar-refractivity contribution in [2.75, 3.05) is 10.7 Å². The Morgan fingerprint density at radius 3 is 2.65 bits per heavy atom.